The molecule has 1 heterocycles. The molecule has 26 heavy (non-hydrogen) atoms. The molecule has 0 aliphatic heterocycles. The number of fused-ring (bicyclic) bond motifs is 1. The number of halogens is 1. The van der Waals surface area contributed by atoms with Gasteiger partial charge in [-0.15, -0.1) is 0 Å². The van der Waals surface area contributed by atoms with E-state index in [0.717, 1.165) is 0 Å². The van der Waals surface area contributed by atoms with Crippen molar-refractivity contribution in [2.75, 3.05) is 7.05 Å². The summed E-state index contributed by atoms with van der Waals surface area (Å²) in [6, 6.07) is 12.9. The lowest BCUT2D eigenvalue weighted by molar-refractivity contribution is 0.0778. The van der Waals surface area contributed by atoms with Gasteiger partial charge in [-0.1, -0.05) is 30.3 Å². The first kappa shape index (κ1) is 17.8. The van der Waals surface area contributed by atoms with Crippen LogP contribution in [0.2, 0.25) is 0 Å². The molecule has 5 nitrogen and oxygen atoms in total. The maximum atomic E-state index is 13.4. The van der Waals surface area contributed by atoms with E-state index >= 15 is 0 Å². The average molecular weight is 353 g/mol. The lowest BCUT2D eigenvalue weighted by atomic mass is 10.1. The molecule has 6 heteroatoms. The van der Waals surface area contributed by atoms with Crippen molar-refractivity contribution in [3.8, 4) is 0 Å². The van der Waals surface area contributed by atoms with Crippen LogP contribution in [0.4, 0.5) is 4.39 Å². The highest BCUT2D eigenvalue weighted by molar-refractivity contribution is 6.04. The predicted molar refractivity (Wildman–Crippen MR) is 98.6 cm³/mol. The van der Waals surface area contributed by atoms with Crippen LogP contribution in [-0.2, 0) is 6.54 Å². The van der Waals surface area contributed by atoms with Gasteiger partial charge in [0.05, 0.1) is 11.4 Å². The summed E-state index contributed by atoms with van der Waals surface area (Å²) in [5.74, 6) is -0.667. The molecular formula is C20H20FN3O2. The third-order valence-electron chi connectivity index (χ3n) is 4.18. The molecule has 0 bridgehead atoms. The lowest BCUT2D eigenvalue weighted by Gasteiger charge is -2.19. The second-order valence-corrected chi connectivity index (χ2v) is 6.53. The van der Waals surface area contributed by atoms with Crippen molar-refractivity contribution in [3.63, 3.8) is 0 Å². The Labute approximate surface area is 150 Å². The third kappa shape index (κ3) is 3.35. The smallest absolute Gasteiger partial charge is 0.274 e. The molecule has 0 saturated heterocycles. The number of amides is 1. The summed E-state index contributed by atoms with van der Waals surface area (Å²) < 4.78 is 14.7. The Morgan fingerprint density at radius 2 is 1.85 bits per heavy atom. The molecule has 3 rings (SSSR count). The minimum absolute atomic E-state index is 0.174. The number of hydrogen-bond acceptors (Lipinski definition) is 3. The Morgan fingerprint density at radius 3 is 2.50 bits per heavy atom. The molecule has 0 aliphatic carbocycles. The fourth-order valence-corrected chi connectivity index (χ4v) is 2.88. The molecule has 0 N–H and O–H groups in total. The van der Waals surface area contributed by atoms with Gasteiger partial charge >= 0.3 is 0 Å². The number of aromatic nitrogens is 2. The molecule has 1 amide bonds. The fourth-order valence-electron chi connectivity index (χ4n) is 2.88. The van der Waals surface area contributed by atoms with E-state index in [4.69, 9.17) is 0 Å². The van der Waals surface area contributed by atoms with Crippen LogP contribution in [-0.4, -0.2) is 27.6 Å². The van der Waals surface area contributed by atoms with Gasteiger partial charge in [-0.25, -0.2) is 9.07 Å². The Morgan fingerprint density at radius 1 is 1.15 bits per heavy atom. The van der Waals surface area contributed by atoms with Gasteiger partial charge in [0.25, 0.3) is 11.5 Å². The molecule has 1 aromatic heterocycles. The number of rotatable bonds is 4. The van der Waals surface area contributed by atoms with E-state index in [1.807, 2.05) is 13.8 Å². The zero-order chi connectivity index (χ0) is 18.8. The summed E-state index contributed by atoms with van der Waals surface area (Å²) >= 11 is 0. The predicted octanol–water partition coefficient (Wildman–Crippen LogP) is 3.39. The van der Waals surface area contributed by atoms with E-state index < -0.39 is 0 Å². The van der Waals surface area contributed by atoms with Gasteiger partial charge in [-0.3, -0.25) is 9.59 Å². The van der Waals surface area contributed by atoms with Crippen molar-refractivity contribution in [2.45, 2.75) is 26.4 Å². The van der Waals surface area contributed by atoms with Gasteiger partial charge in [-0.2, -0.15) is 5.10 Å². The monoisotopic (exact) mass is 353 g/mol. The molecule has 0 aliphatic rings. The molecule has 134 valence electrons. The Hall–Kier alpha value is -3.02. The first-order chi connectivity index (χ1) is 12.4. The summed E-state index contributed by atoms with van der Waals surface area (Å²) in [7, 11) is 1.63. The van der Waals surface area contributed by atoms with Crippen LogP contribution in [0.3, 0.4) is 0 Å². The Kier molecular flexibility index (Phi) is 4.84. The summed E-state index contributed by atoms with van der Waals surface area (Å²) in [5.41, 5.74) is 0.676. The zero-order valence-electron chi connectivity index (χ0n) is 14.9. The highest BCUT2D eigenvalue weighted by Crippen LogP contribution is 2.17. The van der Waals surface area contributed by atoms with E-state index in [-0.39, 0.29) is 35.6 Å². The summed E-state index contributed by atoms with van der Waals surface area (Å²) in [5, 5.41) is 5.30. The topological polar surface area (TPSA) is 55.2 Å². The van der Waals surface area contributed by atoms with Crippen LogP contribution in [0.15, 0.2) is 53.3 Å². The number of benzene rings is 2. The van der Waals surface area contributed by atoms with Crippen LogP contribution in [0.25, 0.3) is 10.8 Å². The van der Waals surface area contributed by atoms with E-state index in [1.54, 1.807) is 43.4 Å². The molecule has 0 atom stereocenters. The molecule has 2 aromatic carbocycles. The maximum Gasteiger partial charge on any atom is 0.274 e. The molecule has 0 unspecified atom stereocenters. The van der Waals surface area contributed by atoms with Gasteiger partial charge in [0, 0.05) is 19.0 Å². The fraction of sp³-hybridized carbons (Fsp3) is 0.250. The van der Waals surface area contributed by atoms with E-state index in [1.165, 1.54) is 21.7 Å². The summed E-state index contributed by atoms with van der Waals surface area (Å²) in [4.78, 5) is 27.0. The van der Waals surface area contributed by atoms with Crippen molar-refractivity contribution in [1.82, 2.24) is 14.7 Å². The first-order valence-electron chi connectivity index (χ1n) is 8.40. The van der Waals surface area contributed by atoms with E-state index in [2.05, 4.69) is 5.10 Å². The van der Waals surface area contributed by atoms with Gasteiger partial charge < -0.3 is 4.90 Å². The zero-order valence-corrected chi connectivity index (χ0v) is 14.9. The van der Waals surface area contributed by atoms with Gasteiger partial charge in [-0.05, 0) is 37.6 Å². The number of hydrogen-bond donors (Lipinski definition) is 0. The van der Waals surface area contributed by atoms with E-state index in [0.29, 0.717) is 16.3 Å². The SMILES string of the molecule is CC(C)n1nc(C(=O)N(C)Cc2cccc(F)c2)c2ccccc2c1=O. The molecule has 0 spiro atoms. The van der Waals surface area contributed by atoms with Crippen molar-refractivity contribution in [2.24, 2.45) is 0 Å². The third-order valence-corrected chi connectivity index (χ3v) is 4.18. The van der Waals surface area contributed by atoms with Crippen molar-refractivity contribution in [1.29, 1.82) is 0 Å². The first-order valence-corrected chi connectivity index (χ1v) is 8.40. The minimum atomic E-state index is -0.347. The number of carbonyl (C=O) groups excluding carboxylic acids is 1. The Balaban J connectivity index is 2.04. The minimum Gasteiger partial charge on any atom is -0.336 e. The van der Waals surface area contributed by atoms with Crippen LogP contribution in [0, 0.1) is 5.82 Å². The molecule has 3 aromatic rings. The van der Waals surface area contributed by atoms with Crippen molar-refractivity contribution >= 4 is 16.7 Å². The van der Waals surface area contributed by atoms with Crippen LogP contribution < -0.4 is 5.56 Å². The van der Waals surface area contributed by atoms with Crippen molar-refractivity contribution in [3.05, 3.63) is 76.0 Å². The standard InChI is InChI=1S/C20H20FN3O2/c1-13(2)24-19(25)17-10-5-4-9-16(17)18(22-24)20(26)23(3)12-14-7-6-8-15(21)11-14/h4-11,13H,12H2,1-3H3. The molecule has 0 fully saturated rings. The number of nitrogens with zero attached hydrogens (tertiary/aromatic N) is 3. The van der Waals surface area contributed by atoms with Gasteiger partial charge in [0.1, 0.15) is 5.82 Å². The van der Waals surface area contributed by atoms with Crippen LogP contribution in [0.1, 0.15) is 35.9 Å². The highest BCUT2D eigenvalue weighted by atomic mass is 19.1. The van der Waals surface area contributed by atoms with Gasteiger partial charge in [0.2, 0.25) is 0 Å². The largest absolute Gasteiger partial charge is 0.336 e. The normalized spacial score (nSPS) is 11.1. The maximum absolute atomic E-state index is 13.4. The summed E-state index contributed by atoms with van der Waals surface area (Å²) in [6.45, 7) is 3.93. The Bertz CT molecular complexity index is 1030. The lowest BCUT2D eigenvalue weighted by Crippen LogP contribution is -2.32. The second kappa shape index (κ2) is 7.07. The molecular weight excluding hydrogens is 333 g/mol. The number of carbonyl (C=O) groups is 1. The van der Waals surface area contributed by atoms with Crippen LogP contribution in [0.5, 0.6) is 0 Å². The van der Waals surface area contributed by atoms with Gasteiger partial charge in [0.15, 0.2) is 5.69 Å². The van der Waals surface area contributed by atoms with Crippen molar-refractivity contribution < 1.29 is 9.18 Å². The molecule has 0 saturated carbocycles. The summed E-state index contributed by atoms with van der Waals surface area (Å²) in [6.07, 6.45) is 0. The van der Waals surface area contributed by atoms with Crippen LogP contribution >= 0.6 is 0 Å². The highest BCUT2D eigenvalue weighted by Gasteiger charge is 2.21. The molecule has 0 radical (unpaired) electrons. The quantitative estimate of drug-likeness (QED) is 0.722. The van der Waals surface area contributed by atoms with E-state index in [9.17, 15) is 14.0 Å². The second-order valence-electron chi connectivity index (χ2n) is 6.53. The average Bonchev–Trinajstić information content (AvgIpc) is 2.61.